The Morgan fingerprint density at radius 1 is 0.696 bits per heavy atom. The normalized spacial score (nSPS) is 12.5. The molecule has 2 atom stereocenters. The molecule has 46 heavy (non-hydrogen) atoms. The van der Waals surface area contributed by atoms with E-state index in [0.29, 0.717) is 12.0 Å². The predicted octanol–water partition coefficient (Wildman–Crippen LogP) is 4.75. The topological polar surface area (TPSA) is 116 Å². The highest BCUT2D eigenvalue weighted by Crippen LogP contribution is 2.18. The number of hydrogen-bond donors (Lipinski definition) is 4. The number of aryl methyl sites for hydroxylation is 1. The molecule has 0 saturated carbocycles. The number of amides is 4. The second kappa shape index (κ2) is 15.8. The summed E-state index contributed by atoms with van der Waals surface area (Å²) in [6.07, 6.45) is 0.315. The Balaban J connectivity index is 1.51. The van der Waals surface area contributed by atoms with E-state index in [9.17, 15) is 23.6 Å². The van der Waals surface area contributed by atoms with Crippen LogP contribution < -0.4 is 21.3 Å². The number of fused-ring (bicyclic) bond motifs is 1. The second-order valence-corrected chi connectivity index (χ2v) is 12.4. The Kier molecular flexibility index (Phi) is 11.6. The van der Waals surface area contributed by atoms with Crippen LogP contribution in [0.3, 0.4) is 0 Å². The third-order valence-corrected chi connectivity index (χ3v) is 7.36. The van der Waals surface area contributed by atoms with Gasteiger partial charge in [-0.05, 0) is 66.8 Å². The molecule has 240 valence electrons. The second-order valence-electron chi connectivity index (χ2n) is 12.4. The number of carbonyl (C=O) groups is 4. The summed E-state index contributed by atoms with van der Waals surface area (Å²) < 4.78 is 13.6. The van der Waals surface area contributed by atoms with Crippen LogP contribution in [0.15, 0.2) is 97.1 Å². The summed E-state index contributed by atoms with van der Waals surface area (Å²) >= 11 is 0. The summed E-state index contributed by atoms with van der Waals surface area (Å²) in [5.74, 6) is -2.38. The molecule has 0 saturated heterocycles. The van der Waals surface area contributed by atoms with Crippen molar-refractivity contribution in [1.29, 1.82) is 0 Å². The molecule has 0 radical (unpaired) electrons. The highest BCUT2D eigenvalue weighted by Gasteiger charge is 2.29. The van der Waals surface area contributed by atoms with Crippen LogP contribution in [0.4, 0.5) is 4.39 Å². The number of halogens is 1. The van der Waals surface area contributed by atoms with E-state index in [4.69, 9.17) is 0 Å². The molecule has 9 heteroatoms. The van der Waals surface area contributed by atoms with E-state index in [1.165, 1.54) is 12.1 Å². The molecule has 4 aromatic rings. The summed E-state index contributed by atoms with van der Waals surface area (Å²) in [5, 5.41) is 13.2. The average molecular weight is 625 g/mol. The number of benzene rings is 4. The molecule has 0 fully saturated rings. The molecule has 4 rings (SSSR count). The van der Waals surface area contributed by atoms with E-state index in [1.54, 1.807) is 12.1 Å². The van der Waals surface area contributed by atoms with Gasteiger partial charge in [-0.3, -0.25) is 19.2 Å². The van der Waals surface area contributed by atoms with Crippen LogP contribution in [-0.2, 0) is 38.6 Å². The Morgan fingerprint density at radius 3 is 2.09 bits per heavy atom. The van der Waals surface area contributed by atoms with Crippen molar-refractivity contribution in [1.82, 2.24) is 21.3 Å². The van der Waals surface area contributed by atoms with Crippen molar-refractivity contribution in [3.63, 3.8) is 0 Å². The van der Waals surface area contributed by atoms with Crippen molar-refractivity contribution in [3.05, 3.63) is 120 Å². The van der Waals surface area contributed by atoms with E-state index < -0.39 is 47.1 Å². The van der Waals surface area contributed by atoms with Crippen LogP contribution >= 0.6 is 0 Å². The molecule has 0 aliphatic rings. The Labute approximate surface area is 269 Å². The first-order chi connectivity index (χ1) is 22.0. The molecule has 0 bridgehead atoms. The monoisotopic (exact) mass is 624 g/mol. The minimum absolute atomic E-state index is 0.0657. The van der Waals surface area contributed by atoms with Gasteiger partial charge in [0.05, 0.1) is 6.42 Å². The van der Waals surface area contributed by atoms with Crippen molar-refractivity contribution in [3.8, 4) is 0 Å². The number of carbonyl (C=O) groups excluding carboxylic acids is 4. The van der Waals surface area contributed by atoms with Crippen molar-refractivity contribution in [2.75, 3.05) is 0 Å². The zero-order valence-electron chi connectivity index (χ0n) is 26.4. The summed E-state index contributed by atoms with van der Waals surface area (Å²) in [4.78, 5) is 53.2. The van der Waals surface area contributed by atoms with Gasteiger partial charge in [0, 0.05) is 24.9 Å². The molecular weight excluding hydrogens is 583 g/mol. The quantitative estimate of drug-likeness (QED) is 0.172. The number of nitrogens with one attached hydrogen (secondary N) is 4. The van der Waals surface area contributed by atoms with Crippen molar-refractivity contribution in [2.24, 2.45) is 0 Å². The van der Waals surface area contributed by atoms with Gasteiger partial charge in [0.2, 0.25) is 23.6 Å². The highest BCUT2D eigenvalue weighted by atomic mass is 19.1. The zero-order valence-corrected chi connectivity index (χ0v) is 26.4. The maximum atomic E-state index is 13.7. The van der Waals surface area contributed by atoms with Gasteiger partial charge in [0.1, 0.15) is 17.9 Å². The van der Waals surface area contributed by atoms with E-state index in [-0.39, 0.29) is 25.8 Å². The third kappa shape index (κ3) is 10.5. The van der Waals surface area contributed by atoms with E-state index in [1.807, 2.05) is 93.6 Å². The Hall–Kier alpha value is -5.05. The van der Waals surface area contributed by atoms with Crippen LogP contribution in [0, 0.1) is 5.82 Å². The van der Waals surface area contributed by atoms with Gasteiger partial charge in [-0.2, -0.15) is 0 Å². The average Bonchev–Trinajstić information content (AvgIpc) is 3.02. The van der Waals surface area contributed by atoms with Crippen LogP contribution in [0.1, 0.15) is 50.3 Å². The lowest BCUT2D eigenvalue weighted by Crippen LogP contribution is -2.56. The first kappa shape index (κ1) is 33.8. The summed E-state index contributed by atoms with van der Waals surface area (Å²) in [5.41, 5.74) is 1.94. The van der Waals surface area contributed by atoms with Crippen LogP contribution in [0.2, 0.25) is 0 Å². The fourth-order valence-corrected chi connectivity index (χ4v) is 5.12. The van der Waals surface area contributed by atoms with Crippen molar-refractivity contribution in [2.45, 2.75) is 70.6 Å². The molecular formula is C37H41FN4O4. The fourth-order valence-electron chi connectivity index (χ4n) is 5.12. The molecule has 0 aliphatic carbocycles. The van der Waals surface area contributed by atoms with Crippen molar-refractivity contribution < 1.29 is 23.6 Å². The largest absolute Gasteiger partial charge is 0.351 e. The lowest BCUT2D eigenvalue weighted by atomic mass is 10.0. The number of hydrogen-bond acceptors (Lipinski definition) is 4. The van der Waals surface area contributed by atoms with E-state index in [2.05, 4.69) is 21.3 Å². The van der Waals surface area contributed by atoms with Crippen LogP contribution in [0.5, 0.6) is 0 Å². The van der Waals surface area contributed by atoms with E-state index in [0.717, 1.165) is 21.9 Å². The van der Waals surface area contributed by atoms with Gasteiger partial charge < -0.3 is 21.3 Å². The molecule has 0 spiro atoms. The third-order valence-electron chi connectivity index (χ3n) is 7.36. The maximum Gasteiger partial charge on any atom is 0.243 e. The van der Waals surface area contributed by atoms with E-state index >= 15 is 0 Å². The van der Waals surface area contributed by atoms with Crippen molar-refractivity contribution >= 4 is 34.4 Å². The lowest BCUT2D eigenvalue weighted by Gasteiger charge is -2.25. The highest BCUT2D eigenvalue weighted by molar-refractivity contribution is 5.95. The molecule has 0 aromatic heterocycles. The molecule has 2 unspecified atom stereocenters. The van der Waals surface area contributed by atoms with Gasteiger partial charge in [0.15, 0.2) is 0 Å². The SMILES string of the molecule is CC(C)(C)NC(=O)CC(NC(=O)CCc1ccccc1)C(=O)NC(Cc1ccc(F)cc1)C(=O)NCc1cccc2ccccc12. The molecule has 4 N–H and O–H groups in total. The first-order valence-corrected chi connectivity index (χ1v) is 15.4. The van der Waals surface area contributed by atoms with Crippen LogP contribution in [0.25, 0.3) is 10.8 Å². The number of rotatable bonds is 13. The standard InChI is InChI=1S/C37H41FN4O4/c1-37(2,3)42-34(44)23-32(40-33(43)21-18-25-10-5-4-6-11-25)36(46)41-31(22-26-16-19-29(38)20-17-26)35(45)39-24-28-14-9-13-27-12-7-8-15-30(27)28/h4-17,19-20,31-32H,18,21-24H2,1-3H3,(H,39,45)(H,40,43)(H,41,46)(H,42,44). The molecule has 0 aliphatic heterocycles. The molecule has 4 aromatic carbocycles. The molecule has 0 heterocycles. The minimum Gasteiger partial charge on any atom is -0.351 e. The first-order valence-electron chi connectivity index (χ1n) is 15.4. The summed E-state index contributed by atoms with van der Waals surface area (Å²) in [6, 6.07) is 26.5. The predicted molar refractivity (Wildman–Crippen MR) is 177 cm³/mol. The van der Waals surface area contributed by atoms with Gasteiger partial charge in [-0.1, -0.05) is 84.9 Å². The summed E-state index contributed by atoms with van der Waals surface area (Å²) in [7, 11) is 0. The van der Waals surface area contributed by atoms with Gasteiger partial charge >= 0.3 is 0 Å². The Morgan fingerprint density at radius 2 is 1.37 bits per heavy atom. The molecule has 4 amide bonds. The van der Waals surface area contributed by atoms with Crippen LogP contribution in [-0.4, -0.2) is 41.3 Å². The smallest absolute Gasteiger partial charge is 0.243 e. The fraction of sp³-hybridized carbons (Fsp3) is 0.297. The summed E-state index contributed by atoms with van der Waals surface area (Å²) in [6.45, 7) is 5.66. The molecule has 8 nitrogen and oxygen atoms in total. The zero-order chi connectivity index (χ0) is 33.1. The Bertz CT molecular complexity index is 1650. The van der Waals surface area contributed by atoms with Gasteiger partial charge in [-0.25, -0.2) is 4.39 Å². The lowest BCUT2D eigenvalue weighted by molar-refractivity contribution is -0.134. The van der Waals surface area contributed by atoms with Gasteiger partial charge in [0.25, 0.3) is 0 Å². The maximum absolute atomic E-state index is 13.7. The minimum atomic E-state index is -1.23. The van der Waals surface area contributed by atoms with Gasteiger partial charge in [-0.15, -0.1) is 0 Å².